The summed E-state index contributed by atoms with van der Waals surface area (Å²) in [5.74, 6) is 0.439. The number of carbonyl (C=O) groups is 3. The molecular formula is C32H33N5O4S. The van der Waals surface area contributed by atoms with Crippen molar-refractivity contribution in [1.82, 2.24) is 15.5 Å². The number of nitrogens with one attached hydrogen (secondary N) is 2. The summed E-state index contributed by atoms with van der Waals surface area (Å²) in [7, 11) is 1.60. The first kappa shape index (κ1) is 29.1. The number of hydrogen-bond donors (Lipinski definition) is 2. The highest BCUT2D eigenvalue weighted by Crippen LogP contribution is 2.35. The Balaban J connectivity index is 1.28. The lowest BCUT2D eigenvalue weighted by molar-refractivity contribution is -0.128. The van der Waals surface area contributed by atoms with Gasteiger partial charge in [0.05, 0.1) is 24.5 Å². The number of aryl methyl sites for hydroxylation is 1. The number of para-hydroxylation sites is 1. The van der Waals surface area contributed by atoms with Crippen molar-refractivity contribution in [2.45, 2.75) is 51.1 Å². The second-order valence-electron chi connectivity index (χ2n) is 10.1. The van der Waals surface area contributed by atoms with Crippen LogP contribution in [0.1, 0.15) is 42.0 Å². The van der Waals surface area contributed by atoms with Gasteiger partial charge >= 0.3 is 0 Å². The molecule has 0 bridgehead atoms. The zero-order chi connectivity index (χ0) is 29.6. The minimum Gasteiger partial charge on any atom is -0.497 e. The second-order valence-corrected chi connectivity index (χ2v) is 11.3. The van der Waals surface area contributed by atoms with Gasteiger partial charge in [-0.2, -0.15) is 0 Å². The number of amides is 3. The second kappa shape index (κ2) is 13.0. The van der Waals surface area contributed by atoms with E-state index in [1.54, 1.807) is 7.11 Å². The largest absolute Gasteiger partial charge is 0.497 e. The van der Waals surface area contributed by atoms with Gasteiger partial charge in [0.1, 0.15) is 17.6 Å². The molecule has 2 N–H and O–H groups in total. The van der Waals surface area contributed by atoms with Crippen LogP contribution in [0.2, 0.25) is 0 Å². The number of rotatable bonds is 10. The van der Waals surface area contributed by atoms with Crippen LogP contribution < -0.4 is 15.4 Å². The maximum absolute atomic E-state index is 13.6. The molecule has 0 aromatic heterocycles. The summed E-state index contributed by atoms with van der Waals surface area (Å²) >= 11 is 1.24. The Morgan fingerprint density at radius 2 is 1.64 bits per heavy atom. The normalized spacial score (nSPS) is 16.1. The average Bonchev–Trinajstić information content (AvgIpc) is 3.34. The van der Waals surface area contributed by atoms with Crippen LogP contribution in [0, 0.1) is 6.92 Å². The summed E-state index contributed by atoms with van der Waals surface area (Å²) in [6.45, 7) is 4.68. The van der Waals surface area contributed by atoms with Crippen molar-refractivity contribution in [3.63, 3.8) is 0 Å². The first-order chi connectivity index (χ1) is 20.4. The number of amidine groups is 2. The molecule has 216 valence electrons. The number of methoxy groups -OCH3 is 1. The minimum atomic E-state index is -0.886. The van der Waals surface area contributed by atoms with Crippen molar-refractivity contribution in [1.29, 1.82) is 0 Å². The Morgan fingerprint density at radius 3 is 2.33 bits per heavy atom. The smallest absolute Gasteiger partial charge is 0.259 e. The van der Waals surface area contributed by atoms with Gasteiger partial charge in [0, 0.05) is 18.7 Å². The zero-order valence-electron chi connectivity index (χ0n) is 23.8. The van der Waals surface area contributed by atoms with Gasteiger partial charge in [-0.05, 0) is 48.7 Å². The SMILES string of the molecule is CC[C@H](SC1=Nc2ccccc2C2=N[C@H](CC(=O)NCc3ccc(OC)cc3)C(=O)N12)C(=O)NCc1ccc(C)cc1. The molecule has 2 heterocycles. The monoisotopic (exact) mass is 583 g/mol. The first-order valence-electron chi connectivity index (χ1n) is 13.9. The van der Waals surface area contributed by atoms with E-state index in [1.165, 1.54) is 16.7 Å². The molecule has 2 aliphatic rings. The summed E-state index contributed by atoms with van der Waals surface area (Å²) in [4.78, 5) is 50.5. The van der Waals surface area contributed by atoms with E-state index in [0.717, 1.165) is 22.4 Å². The van der Waals surface area contributed by atoms with Crippen molar-refractivity contribution in [3.8, 4) is 5.75 Å². The molecule has 5 rings (SSSR count). The van der Waals surface area contributed by atoms with E-state index in [2.05, 4.69) is 15.6 Å². The van der Waals surface area contributed by atoms with Crippen LogP contribution in [-0.4, -0.2) is 52.0 Å². The van der Waals surface area contributed by atoms with Crippen LogP contribution in [-0.2, 0) is 27.5 Å². The molecule has 0 radical (unpaired) electrons. The predicted molar refractivity (Wildman–Crippen MR) is 165 cm³/mol. The molecule has 0 saturated carbocycles. The lowest BCUT2D eigenvalue weighted by atomic mass is 10.1. The van der Waals surface area contributed by atoms with Gasteiger partial charge in [-0.3, -0.25) is 19.4 Å². The average molecular weight is 584 g/mol. The van der Waals surface area contributed by atoms with Gasteiger partial charge in [0.2, 0.25) is 11.8 Å². The fourth-order valence-corrected chi connectivity index (χ4v) is 5.71. The lowest BCUT2D eigenvalue weighted by Crippen LogP contribution is -2.43. The molecule has 2 aliphatic heterocycles. The third kappa shape index (κ3) is 6.54. The Kier molecular flexibility index (Phi) is 9.02. The van der Waals surface area contributed by atoms with Crippen LogP contribution in [0.3, 0.4) is 0 Å². The molecule has 9 nitrogen and oxygen atoms in total. The standard InChI is InChI=1S/C32H33N5O4S/c1-4-27(30(39)34-19-21-11-9-20(2)10-12-21)42-32-36-25-8-6-5-7-24(25)29-35-26(31(40)37(29)32)17-28(38)33-18-22-13-15-23(41-3)16-14-22/h5-16,26-27H,4,17-19H2,1-3H3,(H,33,38)(H,34,39)/t26-,27+/m1/s1. The molecule has 0 unspecified atom stereocenters. The fraction of sp³-hybridized carbons (Fsp3) is 0.281. The predicted octanol–water partition coefficient (Wildman–Crippen LogP) is 4.50. The van der Waals surface area contributed by atoms with Crippen molar-refractivity contribution in [2.24, 2.45) is 9.98 Å². The van der Waals surface area contributed by atoms with Crippen LogP contribution in [0.4, 0.5) is 5.69 Å². The van der Waals surface area contributed by atoms with Gasteiger partial charge < -0.3 is 15.4 Å². The minimum absolute atomic E-state index is 0.0939. The van der Waals surface area contributed by atoms with Gasteiger partial charge in [-0.1, -0.05) is 72.8 Å². The van der Waals surface area contributed by atoms with Crippen molar-refractivity contribution in [3.05, 3.63) is 95.1 Å². The Hall–Kier alpha value is -4.44. The lowest BCUT2D eigenvalue weighted by Gasteiger charge is -2.27. The molecule has 0 aliphatic carbocycles. The molecule has 3 amide bonds. The number of carbonyl (C=O) groups excluding carboxylic acids is 3. The van der Waals surface area contributed by atoms with Gasteiger partial charge in [-0.25, -0.2) is 9.89 Å². The number of nitrogens with zero attached hydrogens (tertiary/aromatic N) is 3. The van der Waals surface area contributed by atoms with Gasteiger partial charge in [-0.15, -0.1) is 0 Å². The molecule has 0 fully saturated rings. The molecule has 0 spiro atoms. The van der Waals surface area contributed by atoms with E-state index in [0.29, 0.717) is 41.8 Å². The topological polar surface area (TPSA) is 112 Å². The number of aliphatic imine (C=N–C) groups is 2. The summed E-state index contributed by atoms with van der Waals surface area (Å²) < 4.78 is 5.18. The van der Waals surface area contributed by atoms with E-state index in [-0.39, 0.29) is 24.1 Å². The molecular weight excluding hydrogens is 550 g/mol. The van der Waals surface area contributed by atoms with E-state index in [9.17, 15) is 14.4 Å². The Bertz CT molecular complexity index is 1540. The Labute approximate surface area is 249 Å². The molecule has 3 aromatic rings. The van der Waals surface area contributed by atoms with Crippen LogP contribution in [0.25, 0.3) is 0 Å². The summed E-state index contributed by atoms with van der Waals surface area (Å²) in [6.07, 6.45) is 0.445. The number of benzene rings is 3. The van der Waals surface area contributed by atoms with Crippen LogP contribution in [0.15, 0.2) is 82.8 Å². The first-order valence-corrected chi connectivity index (χ1v) is 14.7. The number of fused-ring (bicyclic) bond motifs is 3. The molecule has 10 heteroatoms. The van der Waals surface area contributed by atoms with Crippen molar-refractivity contribution in [2.75, 3.05) is 7.11 Å². The Morgan fingerprint density at radius 1 is 0.976 bits per heavy atom. The highest BCUT2D eigenvalue weighted by molar-refractivity contribution is 8.15. The van der Waals surface area contributed by atoms with Gasteiger partial charge in [0.25, 0.3) is 5.91 Å². The number of hydrogen-bond acceptors (Lipinski definition) is 7. The van der Waals surface area contributed by atoms with E-state index < -0.39 is 11.3 Å². The molecule has 3 aromatic carbocycles. The zero-order valence-corrected chi connectivity index (χ0v) is 24.6. The van der Waals surface area contributed by atoms with Crippen LogP contribution in [0.5, 0.6) is 5.75 Å². The van der Waals surface area contributed by atoms with Crippen LogP contribution >= 0.6 is 11.8 Å². The molecule has 2 atom stereocenters. The fourth-order valence-electron chi connectivity index (χ4n) is 4.66. The number of thioether (sulfide) groups is 1. The van der Waals surface area contributed by atoms with E-state index in [1.807, 2.05) is 86.6 Å². The molecule has 0 saturated heterocycles. The summed E-state index contributed by atoms with van der Waals surface area (Å²) in [6, 6.07) is 22.0. The highest BCUT2D eigenvalue weighted by Gasteiger charge is 2.43. The summed E-state index contributed by atoms with van der Waals surface area (Å²) in [5, 5.41) is 5.80. The van der Waals surface area contributed by atoms with E-state index >= 15 is 0 Å². The van der Waals surface area contributed by atoms with Gasteiger partial charge in [0.15, 0.2) is 5.17 Å². The maximum Gasteiger partial charge on any atom is 0.259 e. The highest BCUT2D eigenvalue weighted by atomic mass is 32.2. The maximum atomic E-state index is 13.6. The quantitative estimate of drug-likeness (QED) is 0.365. The third-order valence-corrected chi connectivity index (χ3v) is 8.39. The summed E-state index contributed by atoms with van der Waals surface area (Å²) in [5.41, 5.74) is 4.46. The van der Waals surface area contributed by atoms with Crippen molar-refractivity contribution >= 4 is 46.2 Å². The third-order valence-electron chi connectivity index (χ3n) is 7.07. The van der Waals surface area contributed by atoms with E-state index in [4.69, 9.17) is 9.73 Å². The molecule has 42 heavy (non-hydrogen) atoms. The van der Waals surface area contributed by atoms with Crippen molar-refractivity contribution < 1.29 is 19.1 Å². The number of ether oxygens (including phenoxy) is 1.